The molecule has 0 aromatic carbocycles. The van der Waals surface area contributed by atoms with E-state index in [2.05, 4.69) is 49.5 Å². The summed E-state index contributed by atoms with van der Waals surface area (Å²) >= 11 is 0. The van der Waals surface area contributed by atoms with E-state index in [-0.39, 0.29) is 6.04 Å². The Bertz CT molecular complexity index is 495. The van der Waals surface area contributed by atoms with Crippen molar-refractivity contribution < 1.29 is 0 Å². The molecule has 1 atom stereocenters. The Morgan fingerprint density at radius 3 is 2.58 bits per heavy atom. The predicted molar refractivity (Wildman–Crippen MR) is 80.1 cm³/mol. The molecule has 1 aromatic rings. The summed E-state index contributed by atoms with van der Waals surface area (Å²) in [6.45, 7) is 12.5. The van der Waals surface area contributed by atoms with Gasteiger partial charge in [-0.1, -0.05) is 26.8 Å². The molecule has 5 heteroatoms. The molecular weight excluding hydrogens is 238 g/mol. The molecule has 0 aliphatic carbocycles. The summed E-state index contributed by atoms with van der Waals surface area (Å²) in [6.07, 6.45) is 2.18. The third-order valence-electron chi connectivity index (χ3n) is 3.40. The van der Waals surface area contributed by atoms with Gasteiger partial charge in [0.15, 0.2) is 11.6 Å². The lowest BCUT2D eigenvalue weighted by atomic mass is 10.1. The summed E-state index contributed by atoms with van der Waals surface area (Å²) < 4.78 is 0. The van der Waals surface area contributed by atoms with Gasteiger partial charge in [0.1, 0.15) is 17.3 Å². The zero-order chi connectivity index (χ0) is 14.2. The first-order chi connectivity index (χ1) is 8.95. The van der Waals surface area contributed by atoms with Crippen molar-refractivity contribution in [2.75, 3.05) is 16.0 Å². The Morgan fingerprint density at radius 1 is 1.32 bits per heavy atom. The minimum Gasteiger partial charge on any atom is -0.382 e. The van der Waals surface area contributed by atoms with E-state index in [1.165, 1.54) is 0 Å². The van der Waals surface area contributed by atoms with E-state index in [1.807, 2.05) is 0 Å². The predicted octanol–water partition coefficient (Wildman–Crippen LogP) is 3.07. The SMILES string of the molecule is C=C1Nc2c(N)nc(C(C)CCC)nc2N1C(C)C. The van der Waals surface area contributed by atoms with Gasteiger partial charge >= 0.3 is 0 Å². The fraction of sp³-hybridized carbons (Fsp3) is 0.571. The van der Waals surface area contributed by atoms with Crippen molar-refractivity contribution in [2.24, 2.45) is 0 Å². The van der Waals surface area contributed by atoms with Crippen LogP contribution in [0.25, 0.3) is 0 Å². The van der Waals surface area contributed by atoms with Gasteiger partial charge < -0.3 is 16.0 Å². The number of rotatable bonds is 4. The Morgan fingerprint density at radius 2 is 2.00 bits per heavy atom. The van der Waals surface area contributed by atoms with E-state index in [0.29, 0.717) is 11.7 Å². The standard InChI is InChI=1S/C14H23N5/c1-6-7-9(4)13-17-12(15)11-14(18-13)19(8(2)3)10(5)16-11/h8-9,16H,5-7H2,1-4H3,(H2,15,17,18). The molecular formula is C14H23N5. The summed E-state index contributed by atoms with van der Waals surface area (Å²) in [7, 11) is 0. The monoisotopic (exact) mass is 261 g/mol. The highest BCUT2D eigenvalue weighted by molar-refractivity contribution is 5.85. The molecule has 3 N–H and O–H groups in total. The molecule has 0 spiro atoms. The molecule has 0 radical (unpaired) electrons. The van der Waals surface area contributed by atoms with Crippen LogP contribution in [0.3, 0.4) is 0 Å². The third kappa shape index (κ3) is 2.37. The maximum absolute atomic E-state index is 6.05. The van der Waals surface area contributed by atoms with Crippen molar-refractivity contribution in [2.45, 2.75) is 52.5 Å². The van der Waals surface area contributed by atoms with Crippen molar-refractivity contribution in [1.82, 2.24) is 9.97 Å². The second kappa shape index (κ2) is 5.07. The van der Waals surface area contributed by atoms with Crippen molar-refractivity contribution in [3.05, 3.63) is 18.2 Å². The minimum atomic E-state index is 0.282. The van der Waals surface area contributed by atoms with Crippen LogP contribution in [0.15, 0.2) is 12.4 Å². The molecule has 2 rings (SSSR count). The zero-order valence-electron chi connectivity index (χ0n) is 12.2. The fourth-order valence-electron chi connectivity index (χ4n) is 2.45. The Kier molecular flexibility index (Phi) is 3.64. The first-order valence-electron chi connectivity index (χ1n) is 6.88. The minimum absolute atomic E-state index is 0.282. The van der Waals surface area contributed by atoms with Crippen molar-refractivity contribution in [3.8, 4) is 0 Å². The van der Waals surface area contributed by atoms with Gasteiger partial charge in [0.05, 0.1) is 0 Å². The highest BCUT2D eigenvalue weighted by Gasteiger charge is 2.30. The lowest BCUT2D eigenvalue weighted by Crippen LogP contribution is -2.28. The Balaban J connectivity index is 2.45. The van der Waals surface area contributed by atoms with Crippen LogP contribution in [0, 0.1) is 0 Å². The maximum atomic E-state index is 6.05. The number of aromatic nitrogens is 2. The van der Waals surface area contributed by atoms with E-state index in [4.69, 9.17) is 10.7 Å². The maximum Gasteiger partial charge on any atom is 0.164 e. The van der Waals surface area contributed by atoms with Crippen LogP contribution in [-0.2, 0) is 0 Å². The Labute approximate surface area is 114 Å². The lowest BCUT2D eigenvalue weighted by molar-refractivity contribution is 0.626. The topological polar surface area (TPSA) is 67.1 Å². The molecule has 1 aromatic heterocycles. The van der Waals surface area contributed by atoms with Gasteiger partial charge in [0.2, 0.25) is 0 Å². The van der Waals surface area contributed by atoms with Crippen LogP contribution in [0.2, 0.25) is 0 Å². The van der Waals surface area contributed by atoms with Crippen LogP contribution >= 0.6 is 0 Å². The van der Waals surface area contributed by atoms with E-state index < -0.39 is 0 Å². The van der Waals surface area contributed by atoms with Gasteiger partial charge in [-0.25, -0.2) is 9.97 Å². The van der Waals surface area contributed by atoms with Crippen LogP contribution in [0.5, 0.6) is 0 Å². The van der Waals surface area contributed by atoms with Crippen molar-refractivity contribution in [3.63, 3.8) is 0 Å². The van der Waals surface area contributed by atoms with Crippen LogP contribution in [0.4, 0.5) is 17.3 Å². The number of fused-ring (bicyclic) bond motifs is 1. The molecule has 0 saturated heterocycles. The Hall–Kier alpha value is -1.78. The molecule has 1 aliphatic rings. The molecule has 0 fully saturated rings. The second-order valence-electron chi connectivity index (χ2n) is 5.39. The molecule has 19 heavy (non-hydrogen) atoms. The first-order valence-corrected chi connectivity index (χ1v) is 6.88. The molecule has 1 aliphatic heterocycles. The number of nitrogens with zero attached hydrogens (tertiary/aromatic N) is 3. The molecule has 5 nitrogen and oxygen atoms in total. The summed E-state index contributed by atoms with van der Waals surface area (Å²) in [5.74, 6) is 3.31. The van der Waals surface area contributed by atoms with Gasteiger partial charge in [-0.3, -0.25) is 0 Å². The first kappa shape index (κ1) is 13.6. The number of nitrogen functional groups attached to an aromatic ring is 1. The van der Waals surface area contributed by atoms with Crippen molar-refractivity contribution >= 4 is 17.3 Å². The lowest BCUT2D eigenvalue weighted by Gasteiger charge is -2.23. The molecule has 104 valence electrons. The van der Waals surface area contributed by atoms with Gasteiger partial charge in [-0.15, -0.1) is 0 Å². The van der Waals surface area contributed by atoms with Gasteiger partial charge in [0, 0.05) is 12.0 Å². The van der Waals surface area contributed by atoms with E-state index in [9.17, 15) is 0 Å². The molecule has 2 heterocycles. The van der Waals surface area contributed by atoms with E-state index >= 15 is 0 Å². The van der Waals surface area contributed by atoms with Crippen LogP contribution in [-0.4, -0.2) is 16.0 Å². The second-order valence-corrected chi connectivity index (χ2v) is 5.39. The van der Waals surface area contributed by atoms with Crippen molar-refractivity contribution in [1.29, 1.82) is 0 Å². The normalized spacial score (nSPS) is 15.6. The molecule has 0 bridgehead atoms. The highest BCUT2D eigenvalue weighted by Crippen LogP contribution is 2.39. The quantitative estimate of drug-likeness (QED) is 0.872. The summed E-state index contributed by atoms with van der Waals surface area (Å²) in [4.78, 5) is 11.2. The molecule has 0 amide bonds. The number of hydrogen-bond acceptors (Lipinski definition) is 5. The highest BCUT2D eigenvalue weighted by atomic mass is 15.4. The van der Waals surface area contributed by atoms with E-state index in [0.717, 1.165) is 36.0 Å². The largest absolute Gasteiger partial charge is 0.382 e. The summed E-state index contributed by atoms with van der Waals surface area (Å²) in [5.41, 5.74) is 6.83. The molecule has 0 saturated carbocycles. The fourth-order valence-corrected chi connectivity index (χ4v) is 2.45. The number of nitrogens with one attached hydrogen (secondary N) is 1. The number of nitrogens with two attached hydrogens (primary N) is 1. The van der Waals surface area contributed by atoms with Crippen LogP contribution < -0.4 is 16.0 Å². The zero-order valence-corrected chi connectivity index (χ0v) is 12.2. The summed E-state index contributed by atoms with van der Waals surface area (Å²) in [6, 6.07) is 0.282. The van der Waals surface area contributed by atoms with Crippen LogP contribution in [0.1, 0.15) is 52.3 Å². The summed E-state index contributed by atoms with van der Waals surface area (Å²) in [5, 5.41) is 3.18. The number of hydrogen-bond donors (Lipinski definition) is 2. The average molecular weight is 261 g/mol. The average Bonchev–Trinajstić information content (AvgIpc) is 2.66. The smallest absolute Gasteiger partial charge is 0.164 e. The third-order valence-corrected chi connectivity index (χ3v) is 3.40. The van der Waals surface area contributed by atoms with Gasteiger partial charge in [0.25, 0.3) is 0 Å². The van der Waals surface area contributed by atoms with E-state index in [1.54, 1.807) is 0 Å². The number of anilines is 3. The van der Waals surface area contributed by atoms with Gasteiger partial charge in [-0.05, 0) is 20.3 Å². The molecule has 1 unspecified atom stereocenters. The van der Waals surface area contributed by atoms with Gasteiger partial charge in [-0.2, -0.15) is 0 Å².